The molecule has 25 heavy (non-hydrogen) atoms. The van der Waals surface area contributed by atoms with Crippen LogP contribution in [0.4, 0.5) is 0 Å². The SMILES string of the molecule is CC(C)c1ccc(CONS(=O)(=O)c2cccc(S(C)(=O)=O)c2)cc1. The highest BCUT2D eigenvalue weighted by Crippen LogP contribution is 2.17. The fourth-order valence-corrected chi connectivity index (χ4v) is 3.70. The van der Waals surface area contributed by atoms with Gasteiger partial charge in [-0.15, -0.1) is 0 Å². The molecule has 0 aliphatic rings. The number of sulfone groups is 1. The summed E-state index contributed by atoms with van der Waals surface area (Å²) in [6.07, 6.45) is 1.02. The molecule has 0 aliphatic carbocycles. The van der Waals surface area contributed by atoms with Crippen molar-refractivity contribution in [1.29, 1.82) is 0 Å². The van der Waals surface area contributed by atoms with Gasteiger partial charge in [-0.05, 0) is 35.2 Å². The van der Waals surface area contributed by atoms with Gasteiger partial charge >= 0.3 is 0 Å². The smallest absolute Gasteiger partial charge is 0.262 e. The molecule has 0 heterocycles. The Kier molecular flexibility index (Phi) is 5.99. The van der Waals surface area contributed by atoms with Gasteiger partial charge < -0.3 is 0 Å². The zero-order valence-electron chi connectivity index (χ0n) is 14.3. The molecule has 136 valence electrons. The van der Waals surface area contributed by atoms with Crippen LogP contribution in [0.2, 0.25) is 0 Å². The van der Waals surface area contributed by atoms with Crippen molar-refractivity contribution in [3.8, 4) is 0 Å². The molecular formula is C17H21NO5S2. The molecule has 0 radical (unpaired) electrons. The Morgan fingerprint density at radius 3 is 2.12 bits per heavy atom. The fourth-order valence-electron chi connectivity index (χ4n) is 2.11. The molecule has 2 rings (SSSR count). The summed E-state index contributed by atoms with van der Waals surface area (Å²) in [6, 6.07) is 12.8. The second-order valence-corrected chi connectivity index (χ2v) is 9.68. The van der Waals surface area contributed by atoms with Crippen molar-refractivity contribution in [3.05, 3.63) is 59.7 Å². The summed E-state index contributed by atoms with van der Waals surface area (Å²) in [4.78, 5) is 6.85. The first-order chi connectivity index (χ1) is 11.6. The lowest BCUT2D eigenvalue weighted by Gasteiger charge is -2.09. The first-order valence-electron chi connectivity index (χ1n) is 7.62. The second kappa shape index (κ2) is 7.65. The van der Waals surface area contributed by atoms with Crippen molar-refractivity contribution < 1.29 is 21.7 Å². The number of sulfonamides is 1. The molecule has 0 unspecified atom stereocenters. The maximum absolute atomic E-state index is 12.2. The number of hydrogen-bond acceptors (Lipinski definition) is 5. The van der Waals surface area contributed by atoms with Gasteiger partial charge in [0.1, 0.15) is 0 Å². The fraction of sp³-hybridized carbons (Fsp3) is 0.294. The summed E-state index contributed by atoms with van der Waals surface area (Å²) in [6.45, 7) is 4.23. The van der Waals surface area contributed by atoms with Crippen molar-refractivity contribution in [2.75, 3.05) is 6.26 Å². The van der Waals surface area contributed by atoms with Gasteiger partial charge in [0.05, 0.1) is 16.4 Å². The minimum Gasteiger partial charge on any atom is -0.282 e. The Bertz CT molecular complexity index is 933. The van der Waals surface area contributed by atoms with Gasteiger partial charge in [0.2, 0.25) is 0 Å². The summed E-state index contributed by atoms with van der Waals surface area (Å²) >= 11 is 0. The lowest BCUT2D eigenvalue weighted by Crippen LogP contribution is -2.24. The van der Waals surface area contributed by atoms with Crippen molar-refractivity contribution in [2.45, 2.75) is 36.2 Å². The summed E-state index contributed by atoms with van der Waals surface area (Å²) < 4.78 is 47.5. The Morgan fingerprint density at radius 1 is 0.960 bits per heavy atom. The molecule has 6 nitrogen and oxygen atoms in total. The highest BCUT2D eigenvalue weighted by molar-refractivity contribution is 7.91. The van der Waals surface area contributed by atoms with Crippen molar-refractivity contribution in [3.63, 3.8) is 0 Å². The zero-order chi connectivity index (χ0) is 18.7. The third-order valence-corrected chi connectivity index (χ3v) is 5.92. The van der Waals surface area contributed by atoms with Crippen LogP contribution >= 0.6 is 0 Å². The first-order valence-corrected chi connectivity index (χ1v) is 11.0. The van der Waals surface area contributed by atoms with Crippen LogP contribution in [0, 0.1) is 0 Å². The quantitative estimate of drug-likeness (QED) is 0.743. The molecule has 8 heteroatoms. The third kappa shape index (κ3) is 5.37. The predicted octanol–water partition coefficient (Wildman–Crippen LogP) is 2.62. The van der Waals surface area contributed by atoms with E-state index >= 15 is 0 Å². The standard InChI is InChI=1S/C17H21NO5S2/c1-13(2)15-9-7-14(8-10-15)12-23-18-25(21,22)17-6-4-5-16(11-17)24(3,19)20/h4-11,13,18H,12H2,1-3H3. The highest BCUT2D eigenvalue weighted by Gasteiger charge is 2.17. The average Bonchev–Trinajstić information content (AvgIpc) is 2.54. The maximum atomic E-state index is 12.2. The van der Waals surface area contributed by atoms with Crippen LogP contribution in [-0.4, -0.2) is 23.1 Å². The minimum absolute atomic E-state index is 0.0589. The number of benzene rings is 2. The molecule has 0 saturated carbocycles. The molecule has 2 aromatic carbocycles. The van der Waals surface area contributed by atoms with E-state index in [0.717, 1.165) is 17.9 Å². The number of hydrogen-bond donors (Lipinski definition) is 1. The van der Waals surface area contributed by atoms with E-state index < -0.39 is 19.9 Å². The largest absolute Gasteiger partial charge is 0.282 e. The normalized spacial score (nSPS) is 12.5. The van der Waals surface area contributed by atoms with Crippen molar-refractivity contribution in [2.24, 2.45) is 0 Å². The topological polar surface area (TPSA) is 89.5 Å². The van der Waals surface area contributed by atoms with Crippen LogP contribution in [-0.2, 0) is 31.3 Å². The van der Waals surface area contributed by atoms with Gasteiger partial charge in [-0.3, -0.25) is 4.84 Å². The van der Waals surface area contributed by atoms with E-state index in [4.69, 9.17) is 4.84 Å². The zero-order valence-corrected chi connectivity index (χ0v) is 15.9. The Morgan fingerprint density at radius 2 is 1.56 bits per heavy atom. The van der Waals surface area contributed by atoms with Gasteiger partial charge in [0.25, 0.3) is 10.0 Å². The average molecular weight is 383 g/mol. The first kappa shape index (κ1) is 19.6. The van der Waals surface area contributed by atoms with E-state index in [1.807, 2.05) is 29.2 Å². The summed E-state index contributed by atoms with van der Waals surface area (Å²) in [7, 11) is -7.46. The third-order valence-electron chi connectivity index (χ3n) is 3.60. The van der Waals surface area contributed by atoms with Crippen LogP contribution in [0.25, 0.3) is 0 Å². The molecular weight excluding hydrogens is 362 g/mol. The van der Waals surface area contributed by atoms with Crippen molar-refractivity contribution in [1.82, 2.24) is 4.89 Å². The summed E-state index contributed by atoms with van der Waals surface area (Å²) in [5.41, 5.74) is 2.00. The highest BCUT2D eigenvalue weighted by atomic mass is 32.2. The molecule has 0 aliphatic heterocycles. The van der Waals surface area contributed by atoms with E-state index in [-0.39, 0.29) is 16.4 Å². The van der Waals surface area contributed by atoms with Gasteiger partial charge in [-0.2, -0.15) is 0 Å². The Labute approximate surface area is 148 Å². The van der Waals surface area contributed by atoms with Gasteiger partial charge in [-0.1, -0.05) is 49.1 Å². The van der Waals surface area contributed by atoms with Crippen LogP contribution in [0.5, 0.6) is 0 Å². The maximum Gasteiger partial charge on any atom is 0.262 e. The molecule has 0 saturated heterocycles. The number of rotatable bonds is 7. The van der Waals surface area contributed by atoms with Crippen LogP contribution in [0.3, 0.4) is 0 Å². The predicted molar refractivity (Wildman–Crippen MR) is 95.2 cm³/mol. The van der Waals surface area contributed by atoms with Crippen LogP contribution < -0.4 is 4.89 Å². The Balaban J connectivity index is 2.04. The minimum atomic E-state index is -3.97. The Hall–Kier alpha value is -1.74. The molecule has 0 atom stereocenters. The summed E-state index contributed by atoms with van der Waals surface area (Å²) in [5, 5.41) is 0. The van der Waals surface area contributed by atoms with E-state index in [1.165, 1.54) is 23.8 Å². The van der Waals surface area contributed by atoms with Crippen LogP contribution in [0.1, 0.15) is 30.9 Å². The monoisotopic (exact) mass is 383 g/mol. The van der Waals surface area contributed by atoms with Crippen molar-refractivity contribution >= 4 is 19.9 Å². The van der Waals surface area contributed by atoms with Crippen LogP contribution in [0.15, 0.2) is 58.3 Å². The van der Waals surface area contributed by atoms with E-state index in [1.54, 1.807) is 0 Å². The lowest BCUT2D eigenvalue weighted by atomic mass is 10.0. The molecule has 0 bridgehead atoms. The van der Waals surface area contributed by atoms with Gasteiger partial charge in [0, 0.05) is 6.26 Å². The molecule has 0 aromatic heterocycles. The summed E-state index contributed by atoms with van der Waals surface area (Å²) in [5.74, 6) is 0.413. The molecule has 0 amide bonds. The molecule has 0 spiro atoms. The van der Waals surface area contributed by atoms with E-state index in [9.17, 15) is 16.8 Å². The second-order valence-electron chi connectivity index (χ2n) is 6.02. The number of nitrogens with one attached hydrogen (secondary N) is 1. The molecule has 2 aromatic rings. The van der Waals surface area contributed by atoms with Gasteiger partial charge in [0.15, 0.2) is 9.84 Å². The van der Waals surface area contributed by atoms with Gasteiger partial charge in [-0.25, -0.2) is 16.8 Å². The molecule has 1 N–H and O–H groups in total. The lowest BCUT2D eigenvalue weighted by molar-refractivity contribution is 0.0795. The van der Waals surface area contributed by atoms with E-state index in [2.05, 4.69) is 13.8 Å². The van der Waals surface area contributed by atoms with E-state index in [0.29, 0.717) is 5.92 Å². The molecule has 0 fully saturated rings.